The summed E-state index contributed by atoms with van der Waals surface area (Å²) in [7, 11) is 0. The van der Waals surface area contributed by atoms with E-state index < -0.39 is 11.7 Å². The second-order valence-electron chi connectivity index (χ2n) is 6.48. The number of rotatable bonds is 8. The van der Waals surface area contributed by atoms with Crippen LogP contribution in [0.5, 0.6) is 11.6 Å². The molecule has 1 saturated heterocycles. The minimum absolute atomic E-state index is 0.0304. The molecule has 156 valence electrons. The maximum absolute atomic E-state index is 12.5. The highest BCUT2D eigenvalue weighted by atomic mass is 19.4. The van der Waals surface area contributed by atoms with Gasteiger partial charge in [0.1, 0.15) is 5.75 Å². The number of hydrogen-bond donors (Lipinski definition) is 1. The molecule has 29 heavy (non-hydrogen) atoms. The van der Waals surface area contributed by atoms with Gasteiger partial charge in [-0.25, -0.2) is 4.98 Å². The van der Waals surface area contributed by atoms with Crippen molar-refractivity contribution in [3.8, 4) is 11.6 Å². The maximum atomic E-state index is 12.5. The molecule has 1 aliphatic heterocycles. The highest BCUT2D eigenvalue weighted by Crippen LogP contribution is 2.30. The van der Waals surface area contributed by atoms with E-state index in [-0.39, 0.29) is 17.9 Å². The predicted molar refractivity (Wildman–Crippen MR) is 97.9 cm³/mol. The number of halogens is 3. The third kappa shape index (κ3) is 6.43. The van der Waals surface area contributed by atoms with E-state index in [0.29, 0.717) is 43.7 Å². The first-order chi connectivity index (χ1) is 13.9. The predicted octanol–water partition coefficient (Wildman–Crippen LogP) is 3.82. The van der Waals surface area contributed by atoms with Crippen LogP contribution in [0.4, 0.5) is 13.2 Å². The molecule has 1 aliphatic rings. The van der Waals surface area contributed by atoms with Gasteiger partial charge >= 0.3 is 6.18 Å². The van der Waals surface area contributed by atoms with Gasteiger partial charge in [0.15, 0.2) is 0 Å². The van der Waals surface area contributed by atoms with E-state index in [1.807, 2.05) is 0 Å². The molecule has 0 unspecified atom stereocenters. The molecule has 0 radical (unpaired) electrons. The van der Waals surface area contributed by atoms with Crippen LogP contribution in [0.1, 0.15) is 28.8 Å². The Kier molecular flexibility index (Phi) is 7.05. The van der Waals surface area contributed by atoms with Gasteiger partial charge in [0.05, 0.1) is 18.3 Å². The fraction of sp³-hybridized carbons (Fsp3) is 0.400. The Morgan fingerprint density at radius 2 is 2.00 bits per heavy atom. The van der Waals surface area contributed by atoms with Crippen molar-refractivity contribution in [2.45, 2.75) is 25.1 Å². The number of hydrogen-bond acceptors (Lipinski definition) is 5. The van der Waals surface area contributed by atoms with Crippen molar-refractivity contribution in [1.82, 2.24) is 10.3 Å². The topological polar surface area (TPSA) is 69.7 Å². The van der Waals surface area contributed by atoms with Crippen LogP contribution >= 0.6 is 0 Å². The van der Waals surface area contributed by atoms with E-state index in [0.717, 1.165) is 25.2 Å². The molecular weight excluding hydrogens is 389 g/mol. The SMILES string of the molecule is O=C(NCCCO[C@@H]1CCOC1)c1ccc(Oc2ccc(C(F)(F)F)cn2)cc1. The average molecular weight is 410 g/mol. The number of benzene rings is 1. The van der Waals surface area contributed by atoms with Crippen molar-refractivity contribution in [2.24, 2.45) is 0 Å². The van der Waals surface area contributed by atoms with Crippen LogP contribution in [0, 0.1) is 0 Å². The van der Waals surface area contributed by atoms with E-state index >= 15 is 0 Å². The van der Waals surface area contributed by atoms with Crippen molar-refractivity contribution < 1.29 is 32.2 Å². The number of nitrogens with zero attached hydrogens (tertiary/aromatic N) is 1. The van der Waals surface area contributed by atoms with Crippen LogP contribution < -0.4 is 10.1 Å². The molecule has 0 saturated carbocycles. The lowest BCUT2D eigenvalue weighted by Gasteiger charge is -2.10. The molecule has 2 heterocycles. The van der Waals surface area contributed by atoms with Gasteiger partial charge in [0, 0.05) is 37.6 Å². The highest BCUT2D eigenvalue weighted by molar-refractivity contribution is 5.94. The normalized spacial score (nSPS) is 16.6. The van der Waals surface area contributed by atoms with Gasteiger partial charge in [0.2, 0.25) is 5.88 Å². The summed E-state index contributed by atoms with van der Waals surface area (Å²) >= 11 is 0. The summed E-state index contributed by atoms with van der Waals surface area (Å²) in [6.07, 6.45) is -1.98. The van der Waals surface area contributed by atoms with E-state index in [1.54, 1.807) is 24.3 Å². The minimum Gasteiger partial charge on any atom is -0.439 e. The first-order valence-electron chi connectivity index (χ1n) is 9.20. The van der Waals surface area contributed by atoms with Crippen molar-refractivity contribution >= 4 is 5.91 Å². The van der Waals surface area contributed by atoms with E-state index in [4.69, 9.17) is 14.2 Å². The summed E-state index contributed by atoms with van der Waals surface area (Å²) in [5.41, 5.74) is -0.401. The second kappa shape index (κ2) is 9.71. The number of amides is 1. The number of carbonyl (C=O) groups is 1. The maximum Gasteiger partial charge on any atom is 0.417 e. The Labute approximate surface area is 166 Å². The van der Waals surface area contributed by atoms with Crippen LogP contribution in [0.3, 0.4) is 0 Å². The zero-order valence-corrected chi connectivity index (χ0v) is 15.6. The first-order valence-corrected chi connectivity index (χ1v) is 9.20. The summed E-state index contributed by atoms with van der Waals surface area (Å²) < 4.78 is 53.9. The standard InChI is InChI=1S/C20H21F3N2O4/c21-20(22,23)15-4-7-18(25-12-15)29-16-5-2-14(3-6-16)19(26)24-9-1-10-28-17-8-11-27-13-17/h2-7,12,17H,1,8-11,13H2,(H,24,26)/t17-/m1/s1. The molecule has 1 aromatic heterocycles. The lowest BCUT2D eigenvalue weighted by Crippen LogP contribution is -2.25. The number of pyridine rings is 1. The molecule has 1 fully saturated rings. The molecule has 0 bridgehead atoms. The Bertz CT molecular complexity index is 789. The summed E-state index contributed by atoms with van der Waals surface area (Å²) in [5, 5.41) is 2.80. The Hall–Kier alpha value is -2.65. The molecule has 1 amide bonds. The van der Waals surface area contributed by atoms with Crippen LogP contribution in [0.2, 0.25) is 0 Å². The molecule has 3 rings (SSSR count). The zero-order valence-electron chi connectivity index (χ0n) is 15.6. The molecule has 0 spiro atoms. The monoisotopic (exact) mass is 410 g/mol. The summed E-state index contributed by atoms with van der Waals surface area (Å²) in [6.45, 7) is 2.40. The van der Waals surface area contributed by atoms with Crippen LogP contribution in [-0.2, 0) is 15.7 Å². The van der Waals surface area contributed by atoms with Crippen molar-refractivity contribution in [1.29, 1.82) is 0 Å². The molecule has 1 atom stereocenters. The van der Waals surface area contributed by atoms with Gasteiger partial charge < -0.3 is 19.5 Å². The highest BCUT2D eigenvalue weighted by Gasteiger charge is 2.30. The summed E-state index contributed by atoms with van der Waals surface area (Å²) in [4.78, 5) is 15.8. The van der Waals surface area contributed by atoms with Crippen molar-refractivity contribution in [3.63, 3.8) is 0 Å². The molecule has 9 heteroatoms. The Balaban J connectivity index is 1.42. The van der Waals surface area contributed by atoms with Crippen molar-refractivity contribution in [3.05, 3.63) is 53.7 Å². The number of ether oxygens (including phenoxy) is 3. The lowest BCUT2D eigenvalue weighted by molar-refractivity contribution is -0.137. The van der Waals surface area contributed by atoms with Crippen LogP contribution in [0.25, 0.3) is 0 Å². The second-order valence-corrected chi connectivity index (χ2v) is 6.48. The van der Waals surface area contributed by atoms with Gasteiger partial charge in [-0.3, -0.25) is 4.79 Å². The third-order valence-electron chi connectivity index (χ3n) is 4.25. The number of nitrogens with one attached hydrogen (secondary N) is 1. The van der Waals surface area contributed by atoms with Gasteiger partial charge in [-0.2, -0.15) is 13.2 Å². The van der Waals surface area contributed by atoms with E-state index in [2.05, 4.69) is 10.3 Å². The Morgan fingerprint density at radius 3 is 2.62 bits per heavy atom. The fourth-order valence-electron chi connectivity index (χ4n) is 2.67. The summed E-state index contributed by atoms with van der Waals surface area (Å²) in [6, 6.07) is 8.29. The quantitative estimate of drug-likeness (QED) is 0.670. The number of carbonyl (C=O) groups excluding carboxylic acids is 1. The lowest BCUT2D eigenvalue weighted by atomic mass is 10.2. The minimum atomic E-state index is -4.45. The van der Waals surface area contributed by atoms with Crippen LogP contribution in [-0.4, -0.2) is 43.4 Å². The molecule has 1 aromatic carbocycles. The third-order valence-corrected chi connectivity index (χ3v) is 4.25. The number of aromatic nitrogens is 1. The Morgan fingerprint density at radius 1 is 1.21 bits per heavy atom. The molecule has 2 aromatic rings. The molecule has 6 nitrogen and oxygen atoms in total. The van der Waals surface area contributed by atoms with Crippen molar-refractivity contribution in [2.75, 3.05) is 26.4 Å². The van der Waals surface area contributed by atoms with E-state index in [1.165, 1.54) is 0 Å². The molecule has 0 aliphatic carbocycles. The van der Waals surface area contributed by atoms with Crippen LogP contribution in [0.15, 0.2) is 42.6 Å². The van der Waals surface area contributed by atoms with Gasteiger partial charge in [-0.1, -0.05) is 0 Å². The molecule has 1 N–H and O–H groups in total. The molecular formula is C20H21F3N2O4. The fourth-order valence-corrected chi connectivity index (χ4v) is 2.67. The van der Waals surface area contributed by atoms with Gasteiger partial charge in [0.25, 0.3) is 5.91 Å². The smallest absolute Gasteiger partial charge is 0.417 e. The first kappa shape index (κ1) is 21.1. The van der Waals surface area contributed by atoms with Gasteiger partial charge in [-0.15, -0.1) is 0 Å². The summed E-state index contributed by atoms with van der Waals surface area (Å²) in [5.74, 6) is 0.164. The number of alkyl halides is 3. The largest absolute Gasteiger partial charge is 0.439 e. The average Bonchev–Trinajstić information content (AvgIpc) is 3.21. The zero-order chi connectivity index (χ0) is 20.7. The van der Waals surface area contributed by atoms with E-state index in [9.17, 15) is 18.0 Å². The van der Waals surface area contributed by atoms with Gasteiger partial charge in [-0.05, 0) is 43.2 Å².